The predicted molar refractivity (Wildman–Crippen MR) is 120 cm³/mol. The van der Waals surface area contributed by atoms with Crippen LogP contribution in [0.2, 0.25) is 0 Å². The number of nitrogens with zero attached hydrogens (tertiary/aromatic N) is 1. The Morgan fingerprint density at radius 3 is 2.44 bits per heavy atom. The van der Waals surface area contributed by atoms with Gasteiger partial charge in [-0.25, -0.2) is 4.79 Å². The van der Waals surface area contributed by atoms with Crippen molar-refractivity contribution in [1.29, 1.82) is 0 Å². The molecule has 3 amide bonds. The van der Waals surface area contributed by atoms with Gasteiger partial charge in [0.15, 0.2) is 0 Å². The van der Waals surface area contributed by atoms with Gasteiger partial charge in [-0.05, 0) is 48.7 Å². The van der Waals surface area contributed by atoms with Gasteiger partial charge in [-0.1, -0.05) is 24.3 Å². The summed E-state index contributed by atoms with van der Waals surface area (Å²) >= 11 is 0. The summed E-state index contributed by atoms with van der Waals surface area (Å²) in [4.78, 5) is 28.4. The van der Waals surface area contributed by atoms with Crippen LogP contribution in [0.3, 0.4) is 0 Å². The van der Waals surface area contributed by atoms with E-state index in [1.807, 2.05) is 36.4 Å². The first-order valence-electron chi connectivity index (χ1n) is 10.2. The van der Waals surface area contributed by atoms with Crippen molar-refractivity contribution in [1.82, 2.24) is 15.6 Å². The second-order valence-corrected chi connectivity index (χ2v) is 7.44. The van der Waals surface area contributed by atoms with Crippen LogP contribution in [0.15, 0.2) is 66.9 Å². The van der Waals surface area contributed by atoms with E-state index in [4.69, 9.17) is 9.47 Å². The molecule has 1 aromatic heterocycles. The highest BCUT2D eigenvalue weighted by Crippen LogP contribution is 2.46. The van der Waals surface area contributed by atoms with Crippen LogP contribution in [0.4, 0.5) is 10.5 Å². The van der Waals surface area contributed by atoms with E-state index in [0.717, 1.165) is 18.4 Å². The first-order chi connectivity index (χ1) is 15.5. The van der Waals surface area contributed by atoms with Gasteiger partial charge in [0.05, 0.1) is 18.3 Å². The Labute approximate surface area is 186 Å². The van der Waals surface area contributed by atoms with E-state index in [2.05, 4.69) is 20.9 Å². The lowest BCUT2D eigenvalue weighted by molar-refractivity contribution is 0.0958. The van der Waals surface area contributed by atoms with Crippen LogP contribution in [0.1, 0.15) is 28.9 Å². The van der Waals surface area contributed by atoms with Crippen molar-refractivity contribution in [3.05, 3.63) is 78.1 Å². The zero-order valence-electron chi connectivity index (χ0n) is 17.8. The van der Waals surface area contributed by atoms with E-state index < -0.39 is 5.54 Å². The summed E-state index contributed by atoms with van der Waals surface area (Å²) in [6.07, 6.45) is 3.23. The van der Waals surface area contributed by atoms with Crippen LogP contribution >= 0.6 is 0 Å². The monoisotopic (exact) mass is 432 g/mol. The number of aromatic nitrogens is 1. The first kappa shape index (κ1) is 21.2. The van der Waals surface area contributed by atoms with E-state index in [0.29, 0.717) is 22.9 Å². The number of ether oxygens (including phenoxy) is 2. The Bertz CT molecular complexity index is 1130. The topological polar surface area (TPSA) is 102 Å². The maximum absolute atomic E-state index is 12.6. The van der Waals surface area contributed by atoms with Crippen molar-refractivity contribution in [2.75, 3.05) is 19.5 Å². The van der Waals surface area contributed by atoms with E-state index in [1.54, 1.807) is 38.4 Å². The number of hydrogen-bond donors (Lipinski definition) is 3. The smallest absolute Gasteiger partial charge is 0.320 e. The number of rotatable bonds is 7. The Morgan fingerprint density at radius 1 is 1.00 bits per heavy atom. The molecule has 4 rings (SSSR count). The number of carbonyl (C=O) groups is 2. The molecule has 1 fully saturated rings. The predicted octanol–water partition coefficient (Wildman–Crippen LogP) is 4.05. The highest BCUT2D eigenvalue weighted by molar-refractivity contribution is 5.92. The molecule has 2 aromatic carbocycles. The van der Waals surface area contributed by atoms with Crippen molar-refractivity contribution in [3.63, 3.8) is 0 Å². The third-order valence-electron chi connectivity index (χ3n) is 5.29. The first-order valence-corrected chi connectivity index (χ1v) is 10.2. The standard InChI is InChI=1S/C24H24N4O4/c1-25-22(29)20-15-18(11-14-26-20)32-17-9-7-16(8-10-17)24(12-13-24)28-23(30)27-19-5-3-4-6-21(19)31-2/h3-11,14-15H,12-13H2,1-2H3,(H,25,29)(H2,27,28,30). The van der Waals surface area contributed by atoms with Crippen LogP contribution < -0.4 is 25.4 Å². The third-order valence-corrected chi connectivity index (χ3v) is 5.29. The maximum Gasteiger partial charge on any atom is 0.320 e. The molecule has 1 aliphatic rings. The summed E-state index contributed by atoms with van der Waals surface area (Å²) < 4.78 is 11.1. The number of anilines is 1. The number of methoxy groups -OCH3 is 1. The molecule has 3 N–H and O–H groups in total. The average Bonchev–Trinajstić information content (AvgIpc) is 3.59. The number of hydrogen-bond acceptors (Lipinski definition) is 5. The molecule has 1 saturated carbocycles. The van der Waals surface area contributed by atoms with Crippen molar-refractivity contribution in [2.45, 2.75) is 18.4 Å². The third kappa shape index (κ3) is 4.64. The molecule has 0 saturated heterocycles. The van der Waals surface area contributed by atoms with Gasteiger partial charge in [-0.3, -0.25) is 9.78 Å². The minimum absolute atomic E-state index is 0.279. The summed E-state index contributed by atoms with van der Waals surface area (Å²) in [6.45, 7) is 0. The van der Waals surface area contributed by atoms with Gasteiger partial charge in [0.1, 0.15) is 22.9 Å². The Morgan fingerprint density at radius 2 is 1.75 bits per heavy atom. The molecule has 164 valence electrons. The number of para-hydroxylation sites is 2. The number of carbonyl (C=O) groups excluding carboxylic acids is 2. The van der Waals surface area contributed by atoms with Crippen LogP contribution in [-0.4, -0.2) is 31.1 Å². The molecule has 0 bridgehead atoms. The molecule has 32 heavy (non-hydrogen) atoms. The second kappa shape index (κ2) is 8.97. The van der Waals surface area contributed by atoms with Gasteiger partial charge < -0.3 is 25.4 Å². The summed E-state index contributed by atoms with van der Waals surface area (Å²) in [5.41, 5.74) is 1.50. The number of benzene rings is 2. The van der Waals surface area contributed by atoms with Crippen LogP contribution in [0, 0.1) is 0 Å². The fraction of sp³-hybridized carbons (Fsp3) is 0.208. The average molecular weight is 432 g/mol. The molecule has 0 spiro atoms. The van der Waals surface area contributed by atoms with Gasteiger partial charge in [0, 0.05) is 19.3 Å². The van der Waals surface area contributed by atoms with E-state index in [9.17, 15) is 9.59 Å². The molecular weight excluding hydrogens is 408 g/mol. The lowest BCUT2D eigenvalue weighted by Gasteiger charge is -2.19. The van der Waals surface area contributed by atoms with Gasteiger partial charge in [0.25, 0.3) is 5.91 Å². The zero-order valence-corrected chi connectivity index (χ0v) is 17.8. The highest BCUT2D eigenvalue weighted by atomic mass is 16.5. The summed E-state index contributed by atoms with van der Waals surface area (Å²) in [7, 11) is 3.12. The summed E-state index contributed by atoms with van der Waals surface area (Å²) in [5.74, 6) is 1.46. The molecule has 8 nitrogen and oxygen atoms in total. The maximum atomic E-state index is 12.6. The van der Waals surface area contributed by atoms with Gasteiger partial charge in [-0.2, -0.15) is 0 Å². The molecule has 0 aliphatic heterocycles. The van der Waals surface area contributed by atoms with Crippen LogP contribution in [0.25, 0.3) is 0 Å². The van der Waals surface area contributed by atoms with Crippen LogP contribution in [-0.2, 0) is 5.54 Å². The quantitative estimate of drug-likeness (QED) is 0.523. The van der Waals surface area contributed by atoms with Gasteiger partial charge >= 0.3 is 6.03 Å². The minimum atomic E-state index is -0.395. The van der Waals surface area contributed by atoms with Crippen molar-refractivity contribution >= 4 is 17.6 Å². The van der Waals surface area contributed by atoms with E-state index in [-0.39, 0.29) is 17.6 Å². The Hall–Kier alpha value is -4.07. The number of nitrogens with one attached hydrogen (secondary N) is 3. The highest BCUT2D eigenvalue weighted by Gasteiger charge is 2.45. The Balaban J connectivity index is 1.41. The lowest BCUT2D eigenvalue weighted by Crippen LogP contribution is -2.38. The van der Waals surface area contributed by atoms with Crippen molar-refractivity contribution in [3.8, 4) is 17.2 Å². The largest absolute Gasteiger partial charge is 0.495 e. The molecule has 0 radical (unpaired) electrons. The van der Waals surface area contributed by atoms with E-state index >= 15 is 0 Å². The fourth-order valence-electron chi connectivity index (χ4n) is 3.43. The normalized spacial score (nSPS) is 13.6. The Kier molecular flexibility index (Phi) is 5.93. The molecule has 1 heterocycles. The molecule has 0 unspecified atom stereocenters. The molecular formula is C24H24N4O4. The SMILES string of the molecule is CNC(=O)c1cc(Oc2ccc(C3(NC(=O)Nc4ccccc4OC)CC3)cc2)ccn1. The fourth-order valence-corrected chi connectivity index (χ4v) is 3.43. The second-order valence-electron chi connectivity index (χ2n) is 7.44. The van der Waals surface area contributed by atoms with Gasteiger partial charge in [0.2, 0.25) is 0 Å². The minimum Gasteiger partial charge on any atom is -0.495 e. The lowest BCUT2D eigenvalue weighted by atomic mass is 10.1. The van der Waals surface area contributed by atoms with Crippen molar-refractivity contribution < 1.29 is 19.1 Å². The number of pyridine rings is 1. The van der Waals surface area contributed by atoms with E-state index in [1.165, 1.54) is 6.20 Å². The number of urea groups is 1. The van der Waals surface area contributed by atoms with Gasteiger partial charge in [-0.15, -0.1) is 0 Å². The zero-order chi connectivity index (χ0) is 22.6. The molecule has 1 aliphatic carbocycles. The summed E-state index contributed by atoms with van der Waals surface area (Å²) in [6, 6.07) is 17.8. The van der Waals surface area contributed by atoms with Crippen LogP contribution in [0.5, 0.6) is 17.2 Å². The summed E-state index contributed by atoms with van der Waals surface area (Å²) in [5, 5.41) is 8.47. The molecule has 3 aromatic rings. The number of amides is 3. The molecule has 8 heteroatoms. The van der Waals surface area contributed by atoms with Crippen molar-refractivity contribution in [2.24, 2.45) is 0 Å². The molecule has 0 atom stereocenters.